The summed E-state index contributed by atoms with van der Waals surface area (Å²) in [5.74, 6) is 0. The number of hydrogen-bond acceptors (Lipinski definition) is 6. The van der Waals surface area contributed by atoms with Gasteiger partial charge in [0.2, 0.25) is 0 Å². The summed E-state index contributed by atoms with van der Waals surface area (Å²) in [5, 5.41) is 14.1. The molecule has 6 heteroatoms. The lowest BCUT2D eigenvalue weighted by atomic mass is 9.99. The van der Waals surface area contributed by atoms with Crippen LogP contribution in [0.1, 0.15) is 23.6 Å². The molecule has 0 bridgehead atoms. The smallest absolute Gasteiger partial charge is 0.101 e. The highest BCUT2D eigenvalue weighted by molar-refractivity contribution is 5.95. The highest BCUT2D eigenvalue weighted by Gasteiger charge is 2.37. The van der Waals surface area contributed by atoms with Crippen LogP contribution in [-0.4, -0.2) is 54.7 Å². The third-order valence-corrected chi connectivity index (χ3v) is 7.42. The van der Waals surface area contributed by atoms with Crippen LogP contribution in [0.25, 0.3) is 10.9 Å². The first-order valence-electron chi connectivity index (χ1n) is 11.6. The molecule has 0 spiro atoms. The number of aromatic nitrogens is 1. The number of nitrogens with one attached hydrogen (secondary N) is 1. The standard InChI is InChI=1S/C26H28N6/c1-18-15-31(25-8-7-19(12-27)26-22(25)5-3-9-29-26)17-21-16-30(10-11-32(18)21)24-6-2-4-20-13-28-14-23(20)24/h2-9,18,21,28H,10-11,13-17H2,1H3. The number of piperazine rings is 2. The van der Waals surface area contributed by atoms with Crippen molar-refractivity contribution in [3.8, 4) is 6.07 Å². The normalized spacial score (nSPS) is 23.1. The van der Waals surface area contributed by atoms with Crippen LogP contribution in [0.3, 0.4) is 0 Å². The monoisotopic (exact) mass is 424 g/mol. The summed E-state index contributed by atoms with van der Waals surface area (Å²) in [6.07, 6.45) is 1.78. The zero-order chi connectivity index (χ0) is 21.7. The zero-order valence-electron chi connectivity index (χ0n) is 18.5. The van der Waals surface area contributed by atoms with Gasteiger partial charge in [-0.15, -0.1) is 0 Å². The molecule has 4 heterocycles. The van der Waals surface area contributed by atoms with Crippen molar-refractivity contribution in [2.45, 2.75) is 32.1 Å². The largest absolute Gasteiger partial charge is 0.368 e. The minimum absolute atomic E-state index is 0.472. The Morgan fingerprint density at radius 2 is 1.88 bits per heavy atom. The van der Waals surface area contributed by atoms with Crippen LogP contribution in [0.2, 0.25) is 0 Å². The fourth-order valence-electron chi connectivity index (χ4n) is 5.91. The SMILES string of the molecule is CC1CN(c2ccc(C#N)c3ncccc23)CC2CN(c3cccc4c3CNC4)CCN12. The van der Waals surface area contributed by atoms with Gasteiger partial charge in [0.15, 0.2) is 0 Å². The number of rotatable bonds is 2. The Hall–Kier alpha value is -3.14. The van der Waals surface area contributed by atoms with Gasteiger partial charge in [-0.3, -0.25) is 9.88 Å². The van der Waals surface area contributed by atoms with Crippen LogP contribution in [-0.2, 0) is 13.1 Å². The lowest BCUT2D eigenvalue weighted by Gasteiger charge is -2.52. The molecule has 2 fully saturated rings. The van der Waals surface area contributed by atoms with Crippen molar-refractivity contribution < 1.29 is 0 Å². The summed E-state index contributed by atoms with van der Waals surface area (Å²) in [6.45, 7) is 9.53. The molecule has 1 N–H and O–H groups in total. The van der Waals surface area contributed by atoms with Crippen molar-refractivity contribution in [3.63, 3.8) is 0 Å². The lowest BCUT2D eigenvalue weighted by molar-refractivity contribution is 0.108. The first kappa shape index (κ1) is 19.5. The average Bonchev–Trinajstić information content (AvgIpc) is 3.32. The highest BCUT2D eigenvalue weighted by atomic mass is 15.4. The van der Waals surface area contributed by atoms with Gasteiger partial charge in [0.05, 0.1) is 11.1 Å². The van der Waals surface area contributed by atoms with E-state index in [1.165, 1.54) is 22.5 Å². The predicted molar refractivity (Wildman–Crippen MR) is 128 cm³/mol. The van der Waals surface area contributed by atoms with Crippen molar-refractivity contribution in [2.75, 3.05) is 42.5 Å². The zero-order valence-corrected chi connectivity index (χ0v) is 18.5. The van der Waals surface area contributed by atoms with Crippen LogP contribution in [0.15, 0.2) is 48.7 Å². The van der Waals surface area contributed by atoms with Gasteiger partial charge in [0.1, 0.15) is 6.07 Å². The second-order valence-electron chi connectivity index (χ2n) is 9.25. The van der Waals surface area contributed by atoms with E-state index in [9.17, 15) is 5.26 Å². The minimum atomic E-state index is 0.472. The van der Waals surface area contributed by atoms with Crippen molar-refractivity contribution in [1.29, 1.82) is 5.26 Å². The summed E-state index contributed by atoms with van der Waals surface area (Å²) in [7, 11) is 0. The van der Waals surface area contributed by atoms with Crippen LogP contribution in [0.5, 0.6) is 0 Å². The van der Waals surface area contributed by atoms with Gasteiger partial charge in [0, 0.05) is 80.9 Å². The van der Waals surface area contributed by atoms with E-state index in [2.05, 4.69) is 68.3 Å². The number of fused-ring (bicyclic) bond motifs is 3. The molecule has 3 aromatic rings. The maximum atomic E-state index is 9.52. The number of benzene rings is 2. The molecule has 0 aliphatic carbocycles. The quantitative estimate of drug-likeness (QED) is 0.682. The molecule has 1 aromatic heterocycles. The van der Waals surface area contributed by atoms with E-state index < -0.39 is 0 Å². The Balaban J connectivity index is 1.31. The van der Waals surface area contributed by atoms with Crippen molar-refractivity contribution in [2.24, 2.45) is 0 Å². The molecular formula is C26H28N6. The molecule has 2 atom stereocenters. The summed E-state index contributed by atoms with van der Waals surface area (Å²) in [6, 6.07) is 18.1. The average molecular weight is 425 g/mol. The van der Waals surface area contributed by atoms with E-state index in [4.69, 9.17) is 0 Å². The van der Waals surface area contributed by atoms with E-state index in [0.717, 1.165) is 56.7 Å². The van der Waals surface area contributed by atoms with Crippen LogP contribution < -0.4 is 15.1 Å². The van der Waals surface area contributed by atoms with Crippen LogP contribution in [0.4, 0.5) is 11.4 Å². The summed E-state index contributed by atoms with van der Waals surface area (Å²) >= 11 is 0. The van der Waals surface area contributed by atoms with E-state index in [1.54, 1.807) is 6.20 Å². The van der Waals surface area contributed by atoms with Gasteiger partial charge in [-0.2, -0.15) is 5.26 Å². The molecule has 0 radical (unpaired) electrons. The molecule has 3 aliphatic rings. The molecule has 6 nitrogen and oxygen atoms in total. The van der Waals surface area contributed by atoms with Gasteiger partial charge in [-0.05, 0) is 48.4 Å². The van der Waals surface area contributed by atoms with Crippen LogP contribution >= 0.6 is 0 Å². The van der Waals surface area contributed by atoms with Gasteiger partial charge in [-0.25, -0.2) is 0 Å². The van der Waals surface area contributed by atoms with Gasteiger partial charge >= 0.3 is 0 Å². The highest BCUT2D eigenvalue weighted by Crippen LogP contribution is 2.34. The maximum absolute atomic E-state index is 9.52. The third kappa shape index (κ3) is 3.12. The van der Waals surface area contributed by atoms with Crippen molar-refractivity contribution in [3.05, 3.63) is 65.4 Å². The number of nitrogens with zero attached hydrogens (tertiary/aromatic N) is 5. The first-order valence-corrected chi connectivity index (χ1v) is 11.6. The first-order chi connectivity index (χ1) is 15.7. The fraction of sp³-hybridized carbons (Fsp3) is 0.385. The van der Waals surface area contributed by atoms with Crippen molar-refractivity contribution >= 4 is 22.3 Å². The second-order valence-corrected chi connectivity index (χ2v) is 9.25. The Morgan fingerprint density at radius 3 is 2.78 bits per heavy atom. The Bertz CT molecular complexity index is 1210. The van der Waals surface area contributed by atoms with Gasteiger partial charge in [0.25, 0.3) is 0 Å². The van der Waals surface area contributed by atoms with Crippen LogP contribution in [0, 0.1) is 11.3 Å². The predicted octanol–water partition coefficient (Wildman–Crippen LogP) is 3.11. The number of hydrogen-bond donors (Lipinski definition) is 1. The van der Waals surface area contributed by atoms with E-state index in [-0.39, 0.29) is 0 Å². The second kappa shape index (κ2) is 7.77. The number of pyridine rings is 1. The maximum Gasteiger partial charge on any atom is 0.101 e. The summed E-state index contributed by atoms with van der Waals surface area (Å²) < 4.78 is 0. The molecular weight excluding hydrogens is 396 g/mol. The molecule has 162 valence electrons. The fourth-order valence-corrected chi connectivity index (χ4v) is 5.91. The Labute approximate surface area is 189 Å². The molecule has 32 heavy (non-hydrogen) atoms. The number of anilines is 2. The summed E-state index contributed by atoms with van der Waals surface area (Å²) in [5.41, 5.74) is 6.98. The van der Waals surface area contributed by atoms with E-state index in [0.29, 0.717) is 17.6 Å². The lowest BCUT2D eigenvalue weighted by Crippen LogP contribution is -2.65. The van der Waals surface area contributed by atoms with E-state index in [1.807, 2.05) is 12.1 Å². The van der Waals surface area contributed by atoms with Gasteiger partial charge < -0.3 is 15.1 Å². The third-order valence-electron chi connectivity index (χ3n) is 7.42. The Morgan fingerprint density at radius 1 is 0.969 bits per heavy atom. The minimum Gasteiger partial charge on any atom is -0.368 e. The summed E-state index contributed by atoms with van der Waals surface area (Å²) in [4.78, 5) is 12.3. The Kier molecular flexibility index (Phi) is 4.74. The molecule has 2 unspecified atom stereocenters. The molecule has 6 rings (SSSR count). The topological polar surface area (TPSA) is 58.4 Å². The van der Waals surface area contributed by atoms with Gasteiger partial charge in [-0.1, -0.05) is 12.1 Å². The molecule has 3 aliphatic heterocycles. The van der Waals surface area contributed by atoms with Crippen molar-refractivity contribution in [1.82, 2.24) is 15.2 Å². The number of nitriles is 1. The van der Waals surface area contributed by atoms with E-state index >= 15 is 0 Å². The molecule has 0 saturated carbocycles. The molecule has 2 saturated heterocycles. The molecule has 2 aromatic carbocycles. The molecule has 0 amide bonds.